The summed E-state index contributed by atoms with van der Waals surface area (Å²) in [5.74, 6) is 0.697. The van der Waals surface area contributed by atoms with E-state index < -0.39 is 0 Å². The highest BCUT2D eigenvalue weighted by Gasteiger charge is 2.39. The first-order valence-corrected chi connectivity index (χ1v) is 8.38. The number of hydrogen-bond acceptors (Lipinski definition) is 3. The van der Waals surface area contributed by atoms with E-state index in [-0.39, 0.29) is 6.04 Å². The van der Waals surface area contributed by atoms with Crippen molar-refractivity contribution < 1.29 is 4.79 Å². The number of carbonyl (C=O) groups is 1. The van der Waals surface area contributed by atoms with Crippen LogP contribution in [0, 0.1) is 5.92 Å². The minimum absolute atomic E-state index is 0.0347. The van der Waals surface area contributed by atoms with Gasteiger partial charge in [0, 0.05) is 11.3 Å². The van der Waals surface area contributed by atoms with E-state index in [1.54, 1.807) is 0 Å². The fraction of sp³-hybridized carbons (Fsp3) is 0.929. The Hall–Kier alpha value is -0.220. The zero-order valence-corrected chi connectivity index (χ0v) is 12.7. The van der Waals surface area contributed by atoms with Crippen molar-refractivity contribution in [2.75, 3.05) is 19.5 Å². The summed E-state index contributed by atoms with van der Waals surface area (Å²) < 4.78 is 0.321. The summed E-state index contributed by atoms with van der Waals surface area (Å²) in [5.41, 5.74) is 0. The Labute approximate surface area is 115 Å². The van der Waals surface area contributed by atoms with Gasteiger partial charge in [-0.05, 0) is 25.0 Å². The van der Waals surface area contributed by atoms with Gasteiger partial charge < -0.3 is 4.90 Å². The van der Waals surface area contributed by atoms with Crippen molar-refractivity contribution in [1.82, 2.24) is 10.2 Å². The molecule has 1 aliphatic heterocycles. The van der Waals surface area contributed by atoms with E-state index in [4.69, 9.17) is 0 Å². The second-order valence-electron chi connectivity index (χ2n) is 6.07. The summed E-state index contributed by atoms with van der Waals surface area (Å²) >= 11 is 1.97. The van der Waals surface area contributed by atoms with Gasteiger partial charge in [0.25, 0.3) is 0 Å². The quantitative estimate of drug-likeness (QED) is 0.852. The van der Waals surface area contributed by atoms with Crippen molar-refractivity contribution in [2.45, 2.75) is 56.7 Å². The Morgan fingerprint density at radius 3 is 2.56 bits per heavy atom. The standard InChI is InChI=1S/C14H26N2OS/c1-11(2)12-13(17)16(10-15-12)9-14(18-3)7-5-4-6-8-14/h11-12,15H,4-10H2,1-3H3. The van der Waals surface area contributed by atoms with Crippen LogP contribution in [-0.2, 0) is 4.79 Å². The molecule has 0 spiro atoms. The van der Waals surface area contributed by atoms with Crippen LogP contribution in [0.1, 0.15) is 46.0 Å². The van der Waals surface area contributed by atoms with Gasteiger partial charge in [-0.1, -0.05) is 33.1 Å². The summed E-state index contributed by atoms with van der Waals surface area (Å²) in [7, 11) is 0. The Kier molecular flexibility index (Phi) is 4.59. The summed E-state index contributed by atoms with van der Waals surface area (Å²) in [6.07, 6.45) is 8.75. The van der Waals surface area contributed by atoms with E-state index in [0.29, 0.717) is 16.6 Å². The Bertz CT molecular complexity index is 300. The number of hydrogen-bond donors (Lipinski definition) is 1. The second-order valence-corrected chi connectivity index (χ2v) is 7.34. The molecule has 1 amide bonds. The summed E-state index contributed by atoms with van der Waals surface area (Å²) in [6, 6.07) is 0.0347. The van der Waals surface area contributed by atoms with Crippen LogP contribution in [0.15, 0.2) is 0 Å². The van der Waals surface area contributed by atoms with E-state index in [1.807, 2.05) is 16.7 Å². The number of nitrogens with one attached hydrogen (secondary N) is 1. The summed E-state index contributed by atoms with van der Waals surface area (Å²) in [6.45, 7) is 5.90. The van der Waals surface area contributed by atoms with Crippen molar-refractivity contribution in [1.29, 1.82) is 0 Å². The smallest absolute Gasteiger partial charge is 0.241 e. The third kappa shape index (κ3) is 2.85. The molecule has 3 nitrogen and oxygen atoms in total. The van der Waals surface area contributed by atoms with Crippen LogP contribution in [-0.4, -0.2) is 41.1 Å². The number of amides is 1. The maximum atomic E-state index is 12.3. The van der Waals surface area contributed by atoms with Gasteiger partial charge in [-0.3, -0.25) is 10.1 Å². The van der Waals surface area contributed by atoms with E-state index >= 15 is 0 Å². The van der Waals surface area contributed by atoms with Gasteiger partial charge in [-0.2, -0.15) is 11.8 Å². The van der Waals surface area contributed by atoms with E-state index in [0.717, 1.165) is 13.2 Å². The van der Waals surface area contributed by atoms with Gasteiger partial charge in [-0.15, -0.1) is 0 Å². The van der Waals surface area contributed by atoms with Crippen LogP contribution in [0.4, 0.5) is 0 Å². The molecular formula is C14H26N2OS. The predicted molar refractivity (Wildman–Crippen MR) is 77.7 cm³/mol. The van der Waals surface area contributed by atoms with Gasteiger partial charge in [0.05, 0.1) is 12.7 Å². The lowest BCUT2D eigenvalue weighted by atomic mass is 9.87. The molecule has 1 atom stereocenters. The number of rotatable bonds is 4. The molecule has 1 aliphatic carbocycles. The summed E-state index contributed by atoms with van der Waals surface area (Å²) in [5, 5.41) is 3.35. The fourth-order valence-electron chi connectivity index (χ4n) is 3.20. The average Bonchev–Trinajstić information content (AvgIpc) is 2.72. The predicted octanol–water partition coefficient (Wildman–Crippen LogP) is 2.47. The van der Waals surface area contributed by atoms with Crippen molar-refractivity contribution in [2.24, 2.45) is 5.92 Å². The molecule has 0 radical (unpaired) electrons. The van der Waals surface area contributed by atoms with E-state index in [2.05, 4.69) is 25.4 Å². The Morgan fingerprint density at radius 1 is 1.39 bits per heavy atom. The fourth-order valence-corrected chi connectivity index (χ4v) is 4.18. The molecule has 0 aromatic rings. The molecule has 2 fully saturated rings. The molecule has 2 aliphatic rings. The van der Waals surface area contributed by atoms with Crippen molar-refractivity contribution in [3.8, 4) is 0 Å². The molecule has 1 saturated carbocycles. The first-order valence-electron chi connectivity index (χ1n) is 7.15. The van der Waals surface area contributed by atoms with Gasteiger partial charge in [0.2, 0.25) is 5.91 Å². The number of thioether (sulfide) groups is 1. The SMILES string of the molecule is CSC1(CN2CNC(C(C)C)C2=O)CCCCC1. The largest absolute Gasteiger partial charge is 0.327 e. The normalized spacial score (nSPS) is 28.1. The molecule has 0 bridgehead atoms. The minimum atomic E-state index is 0.0347. The maximum Gasteiger partial charge on any atom is 0.241 e. The molecule has 2 rings (SSSR count). The molecule has 1 saturated heterocycles. The highest BCUT2D eigenvalue weighted by Crippen LogP contribution is 2.39. The molecule has 4 heteroatoms. The lowest BCUT2D eigenvalue weighted by Crippen LogP contribution is -2.44. The van der Waals surface area contributed by atoms with Crippen LogP contribution in [0.25, 0.3) is 0 Å². The lowest BCUT2D eigenvalue weighted by molar-refractivity contribution is -0.130. The molecule has 1 unspecified atom stereocenters. The van der Waals surface area contributed by atoms with Crippen LogP contribution < -0.4 is 5.32 Å². The molecule has 1 N–H and O–H groups in total. The first-order chi connectivity index (χ1) is 8.58. The van der Waals surface area contributed by atoms with E-state index in [9.17, 15) is 4.79 Å². The van der Waals surface area contributed by atoms with E-state index in [1.165, 1.54) is 32.1 Å². The third-order valence-electron chi connectivity index (χ3n) is 4.42. The first kappa shape index (κ1) is 14.2. The molecule has 0 aromatic heterocycles. The van der Waals surface area contributed by atoms with Crippen LogP contribution in [0.5, 0.6) is 0 Å². The van der Waals surface area contributed by atoms with Crippen LogP contribution in [0.2, 0.25) is 0 Å². The molecular weight excluding hydrogens is 244 g/mol. The van der Waals surface area contributed by atoms with Gasteiger partial charge >= 0.3 is 0 Å². The zero-order valence-electron chi connectivity index (χ0n) is 11.9. The molecule has 1 heterocycles. The lowest BCUT2D eigenvalue weighted by Gasteiger charge is -2.38. The minimum Gasteiger partial charge on any atom is -0.327 e. The second kappa shape index (κ2) is 5.83. The van der Waals surface area contributed by atoms with Crippen molar-refractivity contribution in [3.63, 3.8) is 0 Å². The Balaban J connectivity index is 1.98. The molecule has 104 valence electrons. The highest BCUT2D eigenvalue weighted by atomic mass is 32.2. The third-order valence-corrected chi connectivity index (χ3v) is 5.83. The Morgan fingerprint density at radius 2 is 2.06 bits per heavy atom. The zero-order chi connectivity index (χ0) is 13.2. The summed E-state index contributed by atoms with van der Waals surface area (Å²) in [4.78, 5) is 14.4. The van der Waals surface area contributed by atoms with Crippen LogP contribution in [0.3, 0.4) is 0 Å². The monoisotopic (exact) mass is 270 g/mol. The van der Waals surface area contributed by atoms with Gasteiger partial charge in [0.15, 0.2) is 0 Å². The van der Waals surface area contributed by atoms with Crippen molar-refractivity contribution in [3.05, 3.63) is 0 Å². The maximum absolute atomic E-state index is 12.3. The van der Waals surface area contributed by atoms with Gasteiger partial charge in [0.1, 0.15) is 0 Å². The van der Waals surface area contributed by atoms with Gasteiger partial charge in [-0.25, -0.2) is 0 Å². The molecule has 0 aromatic carbocycles. The number of nitrogens with zero attached hydrogens (tertiary/aromatic N) is 1. The van der Waals surface area contributed by atoms with Crippen molar-refractivity contribution >= 4 is 17.7 Å². The number of carbonyl (C=O) groups excluding carboxylic acids is 1. The van der Waals surface area contributed by atoms with Crippen LogP contribution >= 0.6 is 11.8 Å². The topological polar surface area (TPSA) is 32.3 Å². The average molecular weight is 270 g/mol. The molecule has 18 heavy (non-hydrogen) atoms. The highest BCUT2D eigenvalue weighted by molar-refractivity contribution is 8.00.